The van der Waals surface area contributed by atoms with Gasteiger partial charge in [-0.05, 0) is 85.6 Å². The van der Waals surface area contributed by atoms with E-state index in [2.05, 4.69) is 129 Å². The number of nitrogens with zero attached hydrogens (tertiary/aromatic N) is 4. The summed E-state index contributed by atoms with van der Waals surface area (Å²) in [6.45, 7) is 4.67. The summed E-state index contributed by atoms with van der Waals surface area (Å²) in [4.78, 5) is 19.7. The summed E-state index contributed by atoms with van der Waals surface area (Å²) in [5.74, 6) is 1.84. The predicted molar refractivity (Wildman–Crippen MR) is 225 cm³/mol. The second kappa shape index (κ2) is 13.1. The Labute approximate surface area is 320 Å². The number of fused-ring (bicyclic) bond motifs is 4. The second-order valence-electron chi connectivity index (χ2n) is 14.7. The number of hydrogen-bond donors (Lipinski definition) is 0. The molecule has 0 atom stereocenters. The summed E-state index contributed by atoms with van der Waals surface area (Å²) in [5.41, 5.74) is 14.9. The van der Waals surface area contributed by atoms with Crippen molar-refractivity contribution in [1.29, 1.82) is 0 Å². The first kappa shape index (κ1) is 32.6. The second-order valence-corrected chi connectivity index (χ2v) is 14.7. The minimum atomic E-state index is -0.0306. The highest BCUT2D eigenvalue weighted by Gasteiger charge is 2.35. The maximum Gasteiger partial charge on any atom is 0.165 e. The van der Waals surface area contributed by atoms with Gasteiger partial charge in [0.05, 0.1) is 5.69 Å². The highest BCUT2D eigenvalue weighted by molar-refractivity contribution is 5.99. The zero-order valence-electron chi connectivity index (χ0n) is 30.6. The van der Waals surface area contributed by atoms with E-state index in [0.717, 1.165) is 44.5 Å². The predicted octanol–water partition coefficient (Wildman–Crippen LogP) is 12.7. The summed E-state index contributed by atoms with van der Waals surface area (Å²) in [6.07, 6.45) is 1.88. The minimum Gasteiger partial charge on any atom is -0.255 e. The molecule has 55 heavy (non-hydrogen) atoms. The van der Waals surface area contributed by atoms with E-state index in [1.54, 1.807) is 0 Å². The third kappa shape index (κ3) is 5.80. The maximum absolute atomic E-state index is 5.02. The van der Waals surface area contributed by atoms with Crippen molar-refractivity contribution in [2.45, 2.75) is 19.3 Å². The molecule has 0 aliphatic heterocycles. The van der Waals surface area contributed by atoms with Gasteiger partial charge in [-0.25, -0.2) is 15.0 Å². The number of hydrogen-bond acceptors (Lipinski definition) is 4. The highest BCUT2D eigenvalue weighted by atomic mass is 15.0. The standard InChI is InChI=1S/C51H36N4/c1-51(2)45-20-12-11-19-42(45)43-27-25-37(31-46(43)51)33-21-23-34(24-22-33)40-29-38-17-9-10-18-41(38)44(30-40)47-28-26-39(32-52-47)50-54-48(35-13-5-3-6-14-35)53-49(55-50)36-15-7-4-8-16-36/h3-32H,1-2H3. The van der Waals surface area contributed by atoms with Gasteiger partial charge in [-0.1, -0.05) is 159 Å². The van der Waals surface area contributed by atoms with E-state index in [9.17, 15) is 0 Å². The molecule has 2 aromatic heterocycles. The molecule has 9 aromatic rings. The van der Waals surface area contributed by atoms with Crippen molar-refractivity contribution < 1.29 is 0 Å². The zero-order chi connectivity index (χ0) is 36.9. The van der Waals surface area contributed by atoms with Gasteiger partial charge >= 0.3 is 0 Å². The fourth-order valence-electron chi connectivity index (χ4n) is 8.05. The summed E-state index contributed by atoms with van der Waals surface area (Å²) in [6, 6.07) is 62.0. The van der Waals surface area contributed by atoms with Crippen LogP contribution in [0, 0.1) is 0 Å². The number of benzene rings is 7. The molecule has 1 aliphatic rings. The van der Waals surface area contributed by atoms with Gasteiger partial charge in [-0.3, -0.25) is 4.98 Å². The van der Waals surface area contributed by atoms with E-state index in [0.29, 0.717) is 17.5 Å². The molecule has 0 saturated heterocycles. The quantitative estimate of drug-likeness (QED) is 0.173. The molecule has 0 saturated carbocycles. The smallest absolute Gasteiger partial charge is 0.165 e. The van der Waals surface area contributed by atoms with E-state index >= 15 is 0 Å². The van der Waals surface area contributed by atoms with Gasteiger partial charge in [-0.15, -0.1) is 0 Å². The van der Waals surface area contributed by atoms with Crippen LogP contribution in [0.25, 0.3) is 89.6 Å². The van der Waals surface area contributed by atoms with Gasteiger partial charge in [0.1, 0.15) is 0 Å². The Bertz CT molecular complexity index is 2800. The SMILES string of the molecule is CC1(C)c2ccccc2-c2ccc(-c3ccc(-c4cc(-c5ccc(-c6nc(-c7ccccc7)nc(-c7ccccc7)n6)cn5)c5ccccc5c4)cc3)cc21. The van der Waals surface area contributed by atoms with Gasteiger partial charge in [0.25, 0.3) is 0 Å². The van der Waals surface area contributed by atoms with E-state index in [1.807, 2.05) is 66.9 Å². The Balaban J connectivity index is 0.995. The molecule has 0 unspecified atom stereocenters. The van der Waals surface area contributed by atoms with Crippen LogP contribution in [0.5, 0.6) is 0 Å². The molecule has 0 spiro atoms. The molecule has 7 aromatic carbocycles. The van der Waals surface area contributed by atoms with Crippen LogP contribution < -0.4 is 0 Å². The van der Waals surface area contributed by atoms with Gasteiger partial charge in [0.2, 0.25) is 0 Å². The lowest BCUT2D eigenvalue weighted by Gasteiger charge is -2.22. The largest absolute Gasteiger partial charge is 0.255 e. The van der Waals surface area contributed by atoms with E-state index in [4.69, 9.17) is 19.9 Å². The minimum absolute atomic E-state index is 0.0306. The van der Waals surface area contributed by atoms with Gasteiger partial charge < -0.3 is 0 Å². The van der Waals surface area contributed by atoms with Crippen LogP contribution in [0.2, 0.25) is 0 Å². The Morgan fingerprint density at radius 2 is 0.909 bits per heavy atom. The van der Waals surface area contributed by atoms with Crippen LogP contribution in [0.15, 0.2) is 182 Å². The maximum atomic E-state index is 5.02. The first-order chi connectivity index (χ1) is 27.0. The van der Waals surface area contributed by atoms with Crippen molar-refractivity contribution >= 4 is 10.8 Å². The summed E-state index contributed by atoms with van der Waals surface area (Å²) in [7, 11) is 0. The van der Waals surface area contributed by atoms with Crippen LogP contribution in [0.1, 0.15) is 25.0 Å². The number of rotatable bonds is 6. The fraction of sp³-hybridized carbons (Fsp3) is 0.0588. The Morgan fingerprint density at radius 3 is 1.58 bits per heavy atom. The average Bonchev–Trinajstić information content (AvgIpc) is 3.49. The lowest BCUT2D eigenvalue weighted by Crippen LogP contribution is -2.14. The Kier molecular flexibility index (Phi) is 7.77. The van der Waals surface area contributed by atoms with Gasteiger partial charge in [0, 0.05) is 33.9 Å². The van der Waals surface area contributed by atoms with Crippen LogP contribution in [-0.2, 0) is 5.41 Å². The van der Waals surface area contributed by atoms with Crippen LogP contribution in [0.3, 0.4) is 0 Å². The van der Waals surface area contributed by atoms with Crippen molar-refractivity contribution in [2.75, 3.05) is 0 Å². The van der Waals surface area contributed by atoms with Gasteiger partial charge in [-0.2, -0.15) is 0 Å². The van der Waals surface area contributed by atoms with E-state index in [-0.39, 0.29) is 5.41 Å². The molecule has 0 bridgehead atoms. The van der Waals surface area contributed by atoms with E-state index in [1.165, 1.54) is 38.8 Å². The molecule has 1 aliphatic carbocycles. The molecule has 0 fully saturated rings. The van der Waals surface area contributed by atoms with Crippen molar-refractivity contribution in [2.24, 2.45) is 0 Å². The zero-order valence-corrected chi connectivity index (χ0v) is 30.6. The fourth-order valence-corrected chi connectivity index (χ4v) is 8.05. The summed E-state index contributed by atoms with van der Waals surface area (Å²) in [5, 5.41) is 2.32. The molecular formula is C51H36N4. The first-order valence-corrected chi connectivity index (χ1v) is 18.7. The molecule has 260 valence electrons. The Hall–Kier alpha value is -7.04. The Morgan fingerprint density at radius 1 is 0.364 bits per heavy atom. The lowest BCUT2D eigenvalue weighted by molar-refractivity contribution is 0.660. The molecule has 2 heterocycles. The third-order valence-electron chi connectivity index (χ3n) is 11.0. The molecule has 0 amide bonds. The van der Waals surface area contributed by atoms with Gasteiger partial charge in [0.15, 0.2) is 17.5 Å². The van der Waals surface area contributed by atoms with E-state index < -0.39 is 0 Å². The lowest BCUT2D eigenvalue weighted by atomic mass is 9.81. The van der Waals surface area contributed by atoms with Crippen molar-refractivity contribution in [3.8, 4) is 78.8 Å². The molecule has 0 N–H and O–H groups in total. The molecule has 10 rings (SSSR count). The molecule has 4 nitrogen and oxygen atoms in total. The van der Waals surface area contributed by atoms with Crippen molar-refractivity contribution in [3.05, 3.63) is 193 Å². The molecule has 0 radical (unpaired) electrons. The summed E-state index contributed by atoms with van der Waals surface area (Å²) >= 11 is 0. The highest BCUT2D eigenvalue weighted by Crippen LogP contribution is 2.49. The van der Waals surface area contributed by atoms with Crippen molar-refractivity contribution in [3.63, 3.8) is 0 Å². The monoisotopic (exact) mass is 704 g/mol. The van der Waals surface area contributed by atoms with Crippen molar-refractivity contribution in [1.82, 2.24) is 19.9 Å². The van der Waals surface area contributed by atoms with Crippen LogP contribution in [0.4, 0.5) is 0 Å². The first-order valence-electron chi connectivity index (χ1n) is 18.7. The third-order valence-corrected chi connectivity index (χ3v) is 11.0. The van der Waals surface area contributed by atoms with Crippen LogP contribution in [-0.4, -0.2) is 19.9 Å². The normalized spacial score (nSPS) is 12.7. The average molecular weight is 705 g/mol. The number of aromatic nitrogens is 4. The topological polar surface area (TPSA) is 51.6 Å². The molecule has 4 heteroatoms. The molecular weight excluding hydrogens is 669 g/mol. The van der Waals surface area contributed by atoms with Crippen LogP contribution >= 0.6 is 0 Å². The summed E-state index contributed by atoms with van der Waals surface area (Å²) < 4.78 is 0. The number of pyridine rings is 1.